The second-order valence-electron chi connectivity index (χ2n) is 7.54. The molecule has 2 aromatic rings. The Morgan fingerprint density at radius 3 is 2.30 bits per heavy atom. The largest absolute Gasteiger partial charge is 0.343 e. The van der Waals surface area contributed by atoms with E-state index in [1.807, 2.05) is 32.9 Å². The van der Waals surface area contributed by atoms with Crippen molar-refractivity contribution in [2.24, 2.45) is 0 Å². The third kappa shape index (κ3) is 5.47. The van der Waals surface area contributed by atoms with Crippen LogP contribution in [-0.2, 0) is 14.8 Å². The fourth-order valence-electron chi connectivity index (χ4n) is 3.15. The summed E-state index contributed by atoms with van der Waals surface area (Å²) in [5.74, 6) is -0.911. The van der Waals surface area contributed by atoms with Crippen molar-refractivity contribution in [1.82, 2.24) is 10.0 Å². The molecular formula is C21H24BrN3O4S. The highest BCUT2D eigenvalue weighted by atomic mass is 79.9. The molecule has 2 amide bonds. The molecule has 0 heterocycles. The van der Waals surface area contributed by atoms with E-state index in [0.717, 1.165) is 35.2 Å². The Kier molecular flexibility index (Phi) is 6.64. The Balaban J connectivity index is 1.67. The van der Waals surface area contributed by atoms with Gasteiger partial charge in [0, 0.05) is 16.2 Å². The second-order valence-corrected chi connectivity index (χ2v) is 10.1. The van der Waals surface area contributed by atoms with Crippen LogP contribution in [0.25, 0.3) is 0 Å². The van der Waals surface area contributed by atoms with Gasteiger partial charge in [-0.3, -0.25) is 9.59 Å². The first kappa shape index (κ1) is 22.5. The van der Waals surface area contributed by atoms with Crippen LogP contribution >= 0.6 is 15.9 Å². The topological polar surface area (TPSA) is 104 Å². The van der Waals surface area contributed by atoms with Gasteiger partial charge in [-0.15, -0.1) is 0 Å². The maximum Gasteiger partial charge on any atom is 0.252 e. The normalized spacial score (nSPS) is 13.7. The molecule has 1 aliphatic carbocycles. The summed E-state index contributed by atoms with van der Waals surface area (Å²) >= 11 is 3.27. The minimum absolute atomic E-state index is 0.0121. The molecule has 7 nitrogen and oxygen atoms in total. The van der Waals surface area contributed by atoms with Crippen molar-refractivity contribution < 1.29 is 18.0 Å². The van der Waals surface area contributed by atoms with E-state index in [1.165, 1.54) is 18.2 Å². The number of halogens is 1. The van der Waals surface area contributed by atoms with E-state index in [1.54, 1.807) is 0 Å². The quantitative estimate of drug-likeness (QED) is 0.550. The van der Waals surface area contributed by atoms with Crippen LogP contribution in [0, 0.1) is 20.8 Å². The first-order chi connectivity index (χ1) is 14.1. The lowest BCUT2D eigenvalue weighted by Crippen LogP contribution is -2.33. The van der Waals surface area contributed by atoms with Crippen LogP contribution in [0.3, 0.4) is 0 Å². The van der Waals surface area contributed by atoms with E-state index in [2.05, 4.69) is 31.3 Å². The molecule has 3 N–H and O–H groups in total. The molecule has 0 atom stereocenters. The van der Waals surface area contributed by atoms with E-state index in [-0.39, 0.29) is 29.0 Å². The number of rotatable bonds is 7. The van der Waals surface area contributed by atoms with Crippen LogP contribution in [0.1, 0.15) is 39.9 Å². The van der Waals surface area contributed by atoms with E-state index >= 15 is 0 Å². The monoisotopic (exact) mass is 493 g/mol. The molecule has 0 saturated heterocycles. The third-order valence-corrected chi connectivity index (χ3v) is 6.95. The molecule has 1 fully saturated rings. The SMILES string of the molecule is Cc1cc(C)c(NC(=O)CNC(=O)c2cc(S(=O)(=O)NC3CC3)ccc2Br)c(C)c1. The fourth-order valence-corrected chi connectivity index (χ4v) is 4.91. The maximum absolute atomic E-state index is 12.6. The molecule has 1 saturated carbocycles. The Morgan fingerprint density at radius 1 is 1.07 bits per heavy atom. The number of nitrogens with one attached hydrogen (secondary N) is 3. The predicted octanol–water partition coefficient (Wildman–Crippen LogP) is 3.18. The summed E-state index contributed by atoms with van der Waals surface area (Å²) in [6.45, 7) is 5.56. The van der Waals surface area contributed by atoms with Crippen LogP contribution in [0.15, 0.2) is 39.7 Å². The average molecular weight is 494 g/mol. The van der Waals surface area contributed by atoms with Gasteiger partial charge in [-0.05, 0) is 78.9 Å². The van der Waals surface area contributed by atoms with Gasteiger partial charge in [-0.1, -0.05) is 17.7 Å². The molecule has 9 heteroatoms. The lowest BCUT2D eigenvalue weighted by molar-refractivity contribution is -0.115. The van der Waals surface area contributed by atoms with Crippen LogP contribution < -0.4 is 15.4 Å². The molecule has 3 rings (SSSR count). The van der Waals surface area contributed by atoms with Crippen molar-refractivity contribution in [2.75, 3.05) is 11.9 Å². The number of carbonyl (C=O) groups is 2. The molecule has 0 radical (unpaired) electrons. The van der Waals surface area contributed by atoms with Gasteiger partial charge < -0.3 is 10.6 Å². The molecule has 0 aliphatic heterocycles. The Hall–Kier alpha value is -2.23. The summed E-state index contributed by atoms with van der Waals surface area (Å²) in [5.41, 5.74) is 3.85. The summed E-state index contributed by atoms with van der Waals surface area (Å²) in [6.07, 6.45) is 1.64. The zero-order valence-electron chi connectivity index (χ0n) is 17.0. The molecular weight excluding hydrogens is 470 g/mol. The van der Waals surface area contributed by atoms with Crippen LogP contribution in [-0.4, -0.2) is 32.8 Å². The van der Waals surface area contributed by atoms with Gasteiger partial charge in [0.2, 0.25) is 15.9 Å². The predicted molar refractivity (Wildman–Crippen MR) is 119 cm³/mol. The van der Waals surface area contributed by atoms with Crippen LogP contribution in [0.4, 0.5) is 5.69 Å². The first-order valence-electron chi connectivity index (χ1n) is 9.54. The summed E-state index contributed by atoms with van der Waals surface area (Å²) < 4.78 is 27.8. The minimum Gasteiger partial charge on any atom is -0.343 e. The molecule has 0 unspecified atom stereocenters. The number of aryl methyl sites for hydroxylation is 3. The zero-order valence-corrected chi connectivity index (χ0v) is 19.4. The number of benzene rings is 2. The Labute approximate surface area is 184 Å². The Bertz CT molecular complexity index is 1090. The van der Waals surface area contributed by atoms with Crippen molar-refractivity contribution in [3.8, 4) is 0 Å². The summed E-state index contributed by atoms with van der Waals surface area (Å²) in [4.78, 5) is 24.9. The smallest absolute Gasteiger partial charge is 0.252 e. The van der Waals surface area contributed by atoms with E-state index in [9.17, 15) is 18.0 Å². The molecule has 2 aromatic carbocycles. The molecule has 0 aromatic heterocycles. The van der Waals surface area contributed by atoms with Gasteiger partial charge in [0.05, 0.1) is 17.0 Å². The molecule has 160 valence electrons. The van der Waals surface area contributed by atoms with Gasteiger partial charge in [-0.25, -0.2) is 13.1 Å². The van der Waals surface area contributed by atoms with Crippen molar-refractivity contribution >= 4 is 43.5 Å². The van der Waals surface area contributed by atoms with E-state index < -0.39 is 15.9 Å². The molecule has 0 spiro atoms. The minimum atomic E-state index is -3.68. The highest BCUT2D eigenvalue weighted by molar-refractivity contribution is 9.10. The molecule has 1 aliphatic rings. The highest BCUT2D eigenvalue weighted by Gasteiger charge is 2.28. The van der Waals surface area contributed by atoms with Gasteiger partial charge >= 0.3 is 0 Å². The summed E-state index contributed by atoms with van der Waals surface area (Å²) in [5, 5.41) is 5.37. The number of anilines is 1. The number of hydrogen-bond donors (Lipinski definition) is 3. The average Bonchev–Trinajstić information content (AvgIpc) is 3.46. The van der Waals surface area contributed by atoms with Crippen LogP contribution in [0.5, 0.6) is 0 Å². The standard InChI is InChI=1S/C21H24BrN3O4S/c1-12-8-13(2)20(14(3)9-12)24-19(26)11-23-21(27)17-10-16(6-7-18(17)22)30(28,29)25-15-4-5-15/h6-10,15,25H,4-5,11H2,1-3H3,(H,23,27)(H,24,26). The molecule has 0 bridgehead atoms. The summed E-state index contributed by atoms with van der Waals surface area (Å²) in [7, 11) is -3.68. The first-order valence-corrected chi connectivity index (χ1v) is 11.8. The van der Waals surface area contributed by atoms with Gasteiger partial charge in [0.25, 0.3) is 5.91 Å². The number of hydrogen-bond acceptors (Lipinski definition) is 4. The second kappa shape index (κ2) is 8.87. The highest BCUT2D eigenvalue weighted by Crippen LogP contribution is 2.25. The lowest BCUT2D eigenvalue weighted by Gasteiger charge is -2.14. The number of amides is 2. The lowest BCUT2D eigenvalue weighted by atomic mass is 10.1. The number of sulfonamides is 1. The van der Waals surface area contributed by atoms with Gasteiger partial charge in [0.15, 0.2) is 0 Å². The third-order valence-electron chi connectivity index (χ3n) is 4.74. The van der Waals surface area contributed by atoms with Gasteiger partial charge in [-0.2, -0.15) is 0 Å². The Morgan fingerprint density at radius 2 is 1.70 bits per heavy atom. The van der Waals surface area contributed by atoms with Crippen molar-refractivity contribution in [2.45, 2.75) is 44.6 Å². The van der Waals surface area contributed by atoms with Crippen molar-refractivity contribution in [3.63, 3.8) is 0 Å². The van der Waals surface area contributed by atoms with Gasteiger partial charge in [0.1, 0.15) is 0 Å². The van der Waals surface area contributed by atoms with Crippen LogP contribution in [0.2, 0.25) is 0 Å². The van der Waals surface area contributed by atoms with E-state index in [4.69, 9.17) is 0 Å². The molecule has 30 heavy (non-hydrogen) atoms. The zero-order chi connectivity index (χ0) is 22.1. The maximum atomic E-state index is 12.6. The van der Waals surface area contributed by atoms with E-state index in [0.29, 0.717) is 4.47 Å². The summed E-state index contributed by atoms with van der Waals surface area (Å²) in [6, 6.07) is 8.15. The number of carbonyl (C=O) groups excluding carboxylic acids is 2. The van der Waals surface area contributed by atoms with Crippen molar-refractivity contribution in [1.29, 1.82) is 0 Å². The van der Waals surface area contributed by atoms with Crippen molar-refractivity contribution in [3.05, 3.63) is 57.1 Å². The fraction of sp³-hybridized carbons (Fsp3) is 0.333.